The Morgan fingerprint density at radius 1 is 1.19 bits per heavy atom. The van der Waals surface area contributed by atoms with E-state index < -0.39 is 0 Å². The lowest BCUT2D eigenvalue weighted by molar-refractivity contribution is 0.250. The highest BCUT2D eigenvalue weighted by atomic mass is 15.2. The number of fused-ring (bicyclic) bond motifs is 2. The van der Waals surface area contributed by atoms with Crippen LogP contribution in [-0.4, -0.2) is 26.2 Å². The SMILES string of the molecule is Cc1cccc(N2CC3CNCC(C3)C2)c1. The van der Waals surface area contributed by atoms with E-state index in [1.807, 2.05) is 0 Å². The van der Waals surface area contributed by atoms with E-state index in [1.165, 1.54) is 43.9 Å². The molecule has 2 bridgehead atoms. The summed E-state index contributed by atoms with van der Waals surface area (Å²) in [6.45, 7) is 7.05. The molecule has 2 aliphatic heterocycles. The van der Waals surface area contributed by atoms with Gasteiger partial charge >= 0.3 is 0 Å². The van der Waals surface area contributed by atoms with Crippen LogP contribution in [0.15, 0.2) is 24.3 Å². The highest BCUT2D eigenvalue weighted by Gasteiger charge is 2.30. The maximum Gasteiger partial charge on any atom is 0.0369 e. The molecule has 0 saturated carbocycles. The van der Waals surface area contributed by atoms with Gasteiger partial charge in [-0.3, -0.25) is 0 Å². The molecule has 2 saturated heterocycles. The summed E-state index contributed by atoms with van der Waals surface area (Å²) in [7, 11) is 0. The molecule has 2 nitrogen and oxygen atoms in total. The van der Waals surface area contributed by atoms with Gasteiger partial charge in [-0.15, -0.1) is 0 Å². The largest absolute Gasteiger partial charge is 0.371 e. The lowest BCUT2D eigenvalue weighted by atomic mass is 9.85. The molecule has 0 amide bonds. The van der Waals surface area contributed by atoms with E-state index in [2.05, 4.69) is 41.4 Å². The molecule has 2 aliphatic rings. The number of piperidine rings is 2. The van der Waals surface area contributed by atoms with Crippen molar-refractivity contribution in [2.24, 2.45) is 11.8 Å². The Labute approximate surface area is 97.6 Å². The van der Waals surface area contributed by atoms with Crippen LogP contribution in [-0.2, 0) is 0 Å². The van der Waals surface area contributed by atoms with E-state index in [0.717, 1.165) is 11.8 Å². The summed E-state index contributed by atoms with van der Waals surface area (Å²) in [5, 5.41) is 3.54. The van der Waals surface area contributed by atoms with Crippen molar-refractivity contribution in [3.63, 3.8) is 0 Å². The molecular weight excluding hydrogens is 196 g/mol. The third kappa shape index (κ3) is 1.94. The summed E-state index contributed by atoms with van der Waals surface area (Å²) in [5.74, 6) is 1.71. The Bertz CT molecular complexity index is 363. The Hall–Kier alpha value is -1.02. The number of anilines is 1. The first-order chi connectivity index (χ1) is 7.81. The van der Waals surface area contributed by atoms with Crippen LogP contribution in [0.2, 0.25) is 0 Å². The minimum absolute atomic E-state index is 0.855. The number of nitrogens with zero attached hydrogens (tertiary/aromatic N) is 1. The van der Waals surface area contributed by atoms with Gasteiger partial charge in [-0.05, 0) is 56.0 Å². The number of aryl methyl sites for hydroxylation is 1. The summed E-state index contributed by atoms with van der Waals surface area (Å²) in [6, 6.07) is 8.92. The molecule has 3 rings (SSSR count). The fourth-order valence-corrected chi connectivity index (χ4v) is 3.14. The summed E-state index contributed by atoms with van der Waals surface area (Å²) < 4.78 is 0. The lowest BCUT2D eigenvalue weighted by Gasteiger charge is -2.42. The molecule has 2 atom stereocenters. The first-order valence-corrected chi connectivity index (χ1v) is 6.33. The van der Waals surface area contributed by atoms with Gasteiger partial charge in [0.15, 0.2) is 0 Å². The van der Waals surface area contributed by atoms with E-state index in [9.17, 15) is 0 Å². The van der Waals surface area contributed by atoms with E-state index >= 15 is 0 Å². The molecular formula is C14H20N2. The van der Waals surface area contributed by atoms with Gasteiger partial charge in [0.25, 0.3) is 0 Å². The van der Waals surface area contributed by atoms with Gasteiger partial charge in [0.05, 0.1) is 0 Å². The van der Waals surface area contributed by atoms with E-state index in [0.29, 0.717) is 0 Å². The molecule has 1 N–H and O–H groups in total. The average molecular weight is 216 g/mol. The molecule has 1 aromatic carbocycles. The molecule has 0 aromatic heterocycles. The van der Waals surface area contributed by atoms with Crippen molar-refractivity contribution in [1.29, 1.82) is 0 Å². The van der Waals surface area contributed by atoms with Crippen LogP contribution >= 0.6 is 0 Å². The van der Waals surface area contributed by atoms with Gasteiger partial charge in [-0.25, -0.2) is 0 Å². The Morgan fingerprint density at radius 3 is 2.62 bits per heavy atom. The minimum atomic E-state index is 0.855. The Balaban J connectivity index is 1.80. The number of rotatable bonds is 1. The molecule has 86 valence electrons. The van der Waals surface area contributed by atoms with E-state index in [1.54, 1.807) is 0 Å². The normalized spacial score (nSPS) is 29.2. The van der Waals surface area contributed by atoms with Gasteiger partial charge in [0, 0.05) is 18.8 Å². The second kappa shape index (κ2) is 4.10. The summed E-state index contributed by atoms with van der Waals surface area (Å²) >= 11 is 0. The second-order valence-corrected chi connectivity index (χ2v) is 5.37. The monoisotopic (exact) mass is 216 g/mol. The molecule has 0 spiro atoms. The topological polar surface area (TPSA) is 15.3 Å². The van der Waals surface area contributed by atoms with Crippen LogP contribution < -0.4 is 10.2 Å². The van der Waals surface area contributed by atoms with Crippen LogP contribution in [0.3, 0.4) is 0 Å². The first-order valence-electron chi connectivity index (χ1n) is 6.33. The van der Waals surface area contributed by atoms with Crippen molar-refractivity contribution in [2.75, 3.05) is 31.1 Å². The van der Waals surface area contributed by atoms with Gasteiger partial charge in [0.2, 0.25) is 0 Å². The lowest BCUT2D eigenvalue weighted by Crippen LogP contribution is -2.51. The minimum Gasteiger partial charge on any atom is -0.371 e. The smallest absolute Gasteiger partial charge is 0.0369 e. The number of hydrogen-bond donors (Lipinski definition) is 1. The third-order valence-electron chi connectivity index (χ3n) is 3.86. The molecule has 1 aromatic rings. The average Bonchev–Trinajstić information content (AvgIpc) is 2.28. The molecule has 16 heavy (non-hydrogen) atoms. The van der Waals surface area contributed by atoms with Gasteiger partial charge in [-0.1, -0.05) is 12.1 Å². The van der Waals surface area contributed by atoms with Gasteiger partial charge in [0.1, 0.15) is 0 Å². The van der Waals surface area contributed by atoms with E-state index in [4.69, 9.17) is 0 Å². The third-order valence-corrected chi connectivity index (χ3v) is 3.86. The van der Waals surface area contributed by atoms with Gasteiger partial charge < -0.3 is 10.2 Å². The van der Waals surface area contributed by atoms with Crippen molar-refractivity contribution in [3.8, 4) is 0 Å². The van der Waals surface area contributed by atoms with Crippen LogP contribution in [0, 0.1) is 18.8 Å². The first kappa shape index (κ1) is 10.2. The summed E-state index contributed by atoms with van der Waals surface area (Å²) in [6.07, 6.45) is 1.43. The molecule has 0 aliphatic carbocycles. The van der Waals surface area contributed by atoms with Crippen molar-refractivity contribution >= 4 is 5.69 Å². The molecule has 2 heterocycles. The van der Waals surface area contributed by atoms with Gasteiger partial charge in [-0.2, -0.15) is 0 Å². The maximum absolute atomic E-state index is 3.54. The number of hydrogen-bond acceptors (Lipinski definition) is 2. The van der Waals surface area contributed by atoms with Crippen LogP contribution in [0.5, 0.6) is 0 Å². The molecule has 2 fully saturated rings. The fourth-order valence-electron chi connectivity index (χ4n) is 3.14. The van der Waals surface area contributed by atoms with Crippen LogP contribution in [0.1, 0.15) is 12.0 Å². The Kier molecular flexibility index (Phi) is 2.60. The van der Waals surface area contributed by atoms with Crippen molar-refractivity contribution in [2.45, 2.75) is 13.3 Å². The van der Waals surface area contributed by atoms with Crippen molar-refractivity contribution < 1.29 is 0 Å². The highest BCUT2D eigenvalue weighted by molar-refractivity contribution is 5.49. The predicted octanol–water partition coefficient (Wildman–Crippen LogP) is 2.04. The standard InChI is InChI=1S/C14H20N2/c1-11-3-2-4-14(5-11)16-9-12-6-13(10-16)8-15-7-12/h2-5,12-13,15H,6-10H2,1H3. The molecule has 2 unspecified atom stereocenters. The van der Waals surface area contributed by atoms with E-state index in [-0.39, 0.29) is 0 Å². The van der Waals surface area contributed by atoms with Crippen molar-refractivity contribution in [1.82, 2.24) is 5.32 Å². The van der Waals surface area contributed by atoms with Crippen LogP contribution in [0.4, 0.5) is 5.69 Å². The zero-order valence-electron chi connectivity index (χ0n) is 9.95. The van der Waals surface area contributed by atoms with Crippen LogP contribution in [0.25, 0.3) is 0 Å². The fraction of sp³-hybridized carbons (Fsp3) is 0.571. The zero-order chi connectivity index (χ0) is 11.0. The highest BCUT2D eigenvalue weighted by Crippen LogP contribution is 2.28. The number of benzene rings is 1. The maximum atomic E-state index is 3.54. The second-order valence-electron chi connectivity index (χ2n) is 5.37. The summed E-state index contributed by atoms with van der Waals surface area (Å²) in [5.41, 5.74) is 2.78. The number of nitrogens with one attached hydrogen (secondary N) is 1. The molecule has 0 radical (unpaired) electrons. The quantitative estimate of drug-likeness (QED) is 0.773. The Morgan fingerprint density at radius 2 is 1.94 bits per heavy atom. The van der Waals surface area contributed by atoms with Crippen molar-refractivity contribution in [3.05, 3.63) is 29.8 Å². The summed E-state index contributed by atoms with van der Waals surface area (Å²) in [4.78, 5) is 2.58. The molecule has 2 heteroatoms. The zero-order valence-corrected chi connectivity index (χ0v) is 9.95. The predicted molar refractivity (Wildman–Crippen MR) is 67.9 cm³/mol.